The van der Waals surface area contributed by atoms with Gasteiger partial charge >= 0.3 is 5.97 Å². The molecular formula is C22H20N4O8S2. The van der Waals surface area contributed by atoms with Crippen molar-refractivity contribution < 1.29 is 33.1 Å². The van der Waals surface area contributed by atoms with E-state index in [9.17, 15) is 38.3 Å². The quantitative estimate of drug-likeness (QED) is 0.260. The van der Waals surface area contributed by atoms with Crippen LogP contribution in [-0.4, -0.2) is 68.1 Å². The summed E-state index contributed by atoms with van der Waals surface area (Å²) in [6, 6.07) is 5.20. The smallest absolute Gasteiger partial charge is 0.352 e. The normalized spacial score (nSPS) is 22.6. The maximum absolute atomic E-state index is 12.9. The predicted octanol–water partition coefficient (Wildman–Crippen LogP) is 1.58. The number of carboxylic acid groups (broad SMARTS) is 1. The molecule has 1 fully saturated rings. The number of carbonyl (C=O) groups excluding carboxylic acids is 1. The Kier molecular flexibility index (Phi) is 5.50. The summed E-state index contributed by atoms with van der Waals surface area (Å²) >= 11 is 1.05. The van der Waals surface area contributed by atoms with Crippen LogP contribution in [0.1, 0.15) is 17.4 Å². The Hall–Kier alpha value is -3.62. The number of carbonyl (C=O) groups is 2. The number of hydrogen-bond acceptors (Lipinski definition) is 9. The van der Waals surface area contributed by atoms with Gasteiger partial charge < -0.3 is 15.1 Å². The molecular weight excluding hydrogens is 512 g/mol. The second-order valence-electron chi connectivity index (χ2n) is 8.90. The van der Waals surface area contributed by atoms with Crippen LogP contribution in [0.15, 0.2) is 47.5 Å². The Morgan fingerprint density at radius 1 is 1.31 bits per heavy atom. The molecule has 4 atom stereocenters. The summed E-state index contributed by atoms with van der Waals surface area (Å²) in [5.41, 5.74) is 0.714. The molecule has 188 valence electrons. The molecule has 0 radical (unpaired) electrons. The highest BCUT2D eigenvalue weighted by Crippen LogP contribution is 2.53. The van der Waals surface area contributed by atoms with Crippen LogP contribution in [0, 0.1) is 22.0 Å². The van der Waals surface area contributed by atoms with Crippen LogP contribution in [0.5, 0.6) is 0 Å². The van der Waals surface area contributed by atoms with Crippen molar-refractivity contribution in [1.29, 1.82) is 0 Å². The molecule has 4 heterocycles. The van der Waals surface area contributed by atoms with Crippen LogP contribution < -0.4 is 0 Å². The fourth-order valence-electron chi connectivity index (χ4n) is 5.09. The zero-order valence-electron chi connectivity index (χ0n) is 18.9. The lowest BCUT2D eigenvalue weighted by atomic mass is 9.74. The zero-order valence-corrected chi connectivity index (χ0v) is 20.6. The largest absolute Gasteiger partial charge is 0.477 e. The van der Waals surface area contributed by atoms with Crippen LogP contribution in [0.3, 0.4) is 0 Å². The van der Waals surface area contributed by atoms with E-state index < -0.39 is 50.6 Å². The summed E-state index contributed by atoms with van der Waals surface area (Å²) in [5.74, 6) is -3.21. The Morgan fingerprint density at radius 2 is 1.97 bits per heavy atom. The van der Waals surface area contributed by atoms with Gasteiger partial charge in [-0.05, 0) is 18.9 Å². The minimum atomic E-state index is -3.64. The molecule has 2 aromatic heterocycles. The van der Waals surface area contributed by atoms with Gasteiger partial charge in [0.05, 0.1) is 27.9 Å². The Balaban J connectivity index is 1.66. The number of non-ortho nitro benzene ring substituents is 1. The Labute approximate surface area is 208 Å². The number of aliphatic hydroxyl groups is 1. The molecule has 2 aliphatic rings. The van der Waals surface area contributed by atoms with Gasteiger partial charge in [0.1, 0.15) is 16.9 Å². The van der Waals surface area contributed by atoms with E-state index in [1.54, 1.807) is 18.3 Å². The number of aromatic nitrogens is 2. The van der Waals surface area contributed by atoms with Crippen molar-refractivity contribution in [2.24, 2.45) is 11.8 Å². The van der Waals surface area contributed by atoms with Gasteiger partial charge in [0, 0.05) is 36.1 Å². The lowest BCUT2D eigenvalue weighted by Crippen LogP contribution is -2.64. The summed E-state index contributed by atoms with van der Waals surface area (Å²) in [6.07, 6.45) is 3.16. The standard InChI is InChI=1S/C22H20N4O8S2/c1-10(27)15-17-13(7-11-3-5-12(6-4-11)26(31)32)16(18(22(29)30)25(17)20(15)28)14-8-24-9-23-19(21(24)35-14)36(2,33)34/h3-6,8-10,13,15,17,27H,7H2,1-2H3,(H,29,30)/t10-,13?,15-,17-/m1/s1. The predicted molar refractivity (Wildman–Crippen MR) is 127 cm³/mol. The second kappa shape index (κ2) is 8.21. The topological polar surface area (TPSA) is 172 Å². The lowest BCUT2D eigenvalue weighted by molar-refractivity contribution is -0.384. The third-order valence-electron chi connectivity index (χ3n) is 6.59. The average Bonchev–Trinajstić information content (AvgIpc) is 3.43. The van der Waals surface area contributed by atoms with Crippen LogP contribution in [-0.2, 0) is 25.8 Å². The molecule has 5 rings (SSSR count). The molecule has 1 unspecified atom stereocenters. The molecule has 3 aromatic rings. The molecule has 0 saturated carbocycles. The third-order valence-corrected chi connectivity index (χ3v) is 8.86. The van der Waals surface area contributed by atoms with Crippen LogP contribution in [0.4, 0.5) is 5.69 Å². The molecule has 14 heteroatoms. The number of aliphatic carboxylic acids is 1. The Bertz CT molecular complexity index is 1570. The fraction of sp³-hybridized carbons (Fsp3) is 0.318. The van der Waals surface area contributed by atoms with Gasteiger partial charge in [-0.1, -0.05) is 12.1 Å². The van der Waals surface area contributed by atoms with Crippen molar-refractivity contribution in [1.82, 2.24) is 14.3 Å². The van der Waals surface area contributed by atoms with E-state index in [-0.39, 0.29) is 22.8 Å². The highest BCUT2D eigenvalue weighted by molar-refractivity contribution is 7.91. The molecule has 1 amide bonds. The molecule has 0 aliphatic carbocycles. The first kappa shape index (κ1) is 24.1. The SMILES string of the molecule is C[C@@H](O)[C@H]1C(=O)N2C(C(=O)O)=C(c3cn4cnc(S(C)(=O)=O)c4s3)C(Cc3ccc([N+](=O)[O-])cc3)[C@H]12. The van der Waals surface area contributed by atoms with E-state index >= 15 is 0 Å². The summed E-state index contributed by atoms with van der Waals surface area (Å²) in [4.78, 5) is 41.7. The number of nitro groups is 1. The minimum Gasteiger partial charge on any atom is -0.477 e. The molecule has 0 bridgehead atoms. The van der Waals surface area contributed by atoms with Crippen molar-refractivity contribution in [3.63, 3.8) is 0 Å². The zero-order chi connectivity index (χ0) is 26.1. The maximum atomic E-state index is 12.9. The number of fused-ring (bicyclic) bond motifs is 2. The van der Waals surface area contributed by atoms with Gasteiger partial charge in [-0.15, -0.1) is 11.3 Å². The summed E-state index contributed by atoms with van der Waals surface area (Å²) < 4.78 is 25.8. The number of β-lactam (4-membered cyclic amide) rings is 1. The molecule has 1 saturated heterocycles. The number of thiazole rings is 1. The van der Waals surface area contributed by atoms with Crippen molar-refractivity contribution >= 4 is 49.1 Å². The van der Waals surface area contributed by atoms with Crippen LogP contribution >= 0.6 is 11.3 Å². The summed E-state index contributed by atoms with van der Waals surface area (Å²) in [7, 11) is -3.64. The first-order valence-corrected chi connectivity index (χ1v) is 13.5. The highest BCUT2D eigenvalue weighted by Gasteiger charge is 2.61. The van der Waals surface area contributed by atoms with Crippen molar-refractivity contribution in [2.45, 2.75) is 30.5 Å². The molecule has 2 aliphatic heterocycles. The van der Waals surface area contributed by atoms with Gasteiger partial charge in [-0.3, -0.25) is 19.3 Å². The molecule has 1 aromatic carbocycles. The molecule has 12 nitrogen and oxygen atoms in total. The summed E-state index contributed by atoms with van der Waals surface area (Å²) in [6.45, 7) is 1.47. The number of aliphatic hydroxyl groups excluding tert-OH is 1. The van der Waals surface area contributed by atoms with Crippen LogP contribution in [0.2, 0.25) is 0 Å². The van der Waals surface area contributed by atoms with Gasteiger partial charge in [0.25, 0.3) is 5.69 Å². The van der Waals surface area contributed by atoms with Gasteiger partial charge in [0.2, 0.25) is 5.91 Å². The third kappa shape index (κ3) is 3.60. The maximum Gasteiger partial charge on any atom is 0.352 e. The van der Waals surface area contributed by atoms with E-state index in [0.29, 0.717) is 20.8 Å². The average molecular weight is 533 g/mol. The number of rotatable bonds is 7. The number of hydrogen-bond donors (Lipinski definition) is 2. The number of nitro benzene ring substituents is 1. The number of amides is 1. The van der Waals surface area contributed by atoms with Gasteiger partial charge in [0.15, 0.2) is 14.9 Å². The van der Waals surface area contributed by atoms with E-state index in [4.69, 9.17) is 0 Å². The number of benzene rings is 1. The fourth-order valence-corrected chi connectivity index (χ4v) is 7.41. The minimum absolute atomic E-state index is 0.0938. The van der Waals surface area contributed by atoms with Crippen molar-refractivity contribution in [2.75, 3.05) is 6.26 Å². The first-order chi connectivity index (χ1) is 16.9. The van der Waals surface area contributed by atoms with E-state index in [2.05, 4.69) is 4.98 Å². The van der Waals surface area contributed by atoms with Crippen LogP contribution in [0.25, 0.3) is 10.4 Å². The number of sulfone groups is 1. The van der Waals surface area contributed by atoms with E-state index in [1.165, 1.54) is 34.7 Å². The lowest BCUT2D eigenvalue weighted by Gasteiger charge is -2.47. The molecule has 0 spiro atoms. The van der Waals surface area contributed by atoms with Gasteiger partial charge in [-0.2, -0.15) is 0 Å². The first-order valence-electron chi connectivity index (χ1n) is 10.8. The molecule has 2 N–H and O–H groups in total. The molecule has 36 heavy (non-hydrogen) atoms. The van der Waals surface area contributed by atoms with E-state index in [1.807, 2.05) is 0 Å². The van der Waals surface area contributed by atoms with Crippen molar-refractivity contribution in [3.8, 4) is 0 Å². The highest BCUT2D eigenvalue weighted by atomic mass is 32.2. The number of imidazole rings is 1. The number of nitrogens with zero attached hydrogens (tertiary/aromatic N) is 4. The van der Waals surface area contributed by atoms with Crippen molar-refractivity contribution in [3.05, 3.63) is 63.0 Å². The Morgan fingerprint density at radius 3 is 2.53 bits per heavy atom. The monoisotopic (exact) mass is 532 g/mol. The van der Waals surface area contributed by atoms with Gasteiger partial charge in [-0.25, -0.2) is 18.2 Å². The van der Waals surface area contributed by atoms with E-state index in [0.717, 1.165) is 17.6 Å². The second-order valence-corrected chi connectivity index (χ2v) is 11.9. The summed E-state index contributed by atoms with van der Waals surface area (Å²) in [5, 5.41) is 31.3. The number of carboxylic acids is 1.